The first-order chi connectivity index (χ1) is 12.4. The van der Waals surface area contributed by atoms with E-state index in [1.54, 1.807) is 0 Å². The van der Waals surface area contributed by atoms with E-state index in [1.807, 2.05) is 38.1 Å². The van der Waals surface area contributed by atoms with Gasteiger partial charge >= 0.3 is 0 Å². The SMILES string of the molecule is CCCOc1ccc(CCc2ccc3oc(C(C)(C)N)cc3c2)cc1Cl. The Hall–Kier alpha value is -1.97. The van der Waals surface area contributed by atoms with E-state index in [-0.39, 0.29) is 0 Å². The summed E-state index contributed by atoms with van der Waals surface area (Å²) < 4.78 is 11.5. The minimum atomic E-state index is -0.475. The Morgan fingerprint density at radius 3 is 2.38 bits per heavy atom. The van der Waals surface area contributed by atoms with Crippen molar-refractivity contribution in [3.63, 3.8) is 0 Å². The molecule has 26 heavy (non-hydrogen) atoms. The minimum absolute atomic E-state index is 0.475. The van der Waals surface area contributed by atoms with Crippen molar-refractivity contribution in [2.75, 3.05) is 6.61 Å². The highest BCUT2D eigenvalue weighted by molar-refractivity contribution is 6.32. The second-order valence-electron chi connectivity index (χ2n) is 7.32. The predicted molar refractivity (Wildman–Crippen MR) is 108 cm³/mol. The van der Waals surface area contributed by atoms with Gasteiger partial charge in [-0.05, 0) is 74.6 Å². The van der Waals surface area contributed by atoms with Crippen LogP contribution in [-0.2, 0) is 18.4 Å². The van der Waals surface area contributed by atoms with Gasteiger partial charge in [0.1, 0.15) is 17.1 Å². The van der Waals surface area contributed by atoms with Crippen LogP contribution in [0, 0.1) is 0 Å². The van der Waals surface area contributed by atoms with E-state index in [9.17, 15) is 0 Å². The van der Waals surface area contributed by atoms with Crippen molar-refractivity contribution in [2.24, 2.45) is 5.73 Å². The van der Waals surface area contributed by atoms with E-state index in [2.05, 4.69) is 25.1 Å². The Kier molecular flexibility index (Phi) is 5.59. The summed E-state index contributed by atoms with van der Waals surface area (Å²) in [5.74, 6) is 1.56. The molecule has 3 aromatic rings. The van der Waals surface area contributed by atoms with Crippen molar-refractivity contribution in [3.05, 3.63) is 64.4 Å². The van der Waals surface area contributed by atoms with Crippen LogP contribution in [-0.4, -0.2) is 6.61 Å². The Balaban J connectivity index is 1.70. The van der Waals surface area contributed by atoms with E-state index in [1.165, 1.54) is 11.1 Å². The van der Waals surface area contributed by atoms with E-state index in [0.29, 0.717) is 11.6 Å². The number of fused-ring (bicyclic) bond motifs is 1. The molecule has 0 atom stereocenters. The zero-order valence-corrected chi connectivity index (χ0v) is 16.4. The fourth-order valence-corrected chi connectivity index (χ4v) is 3.14. The quantitative estimate of drug-likeness (QED) is 0.566. The summed E-state index contributed by atoms with van der Waals surface area (Å²) in [6.07, 6.45) is 2.83. The average molecular weight is 372 g/mol. The average Bonchev–Trinajstić information content (AvgIpc) is 3.03. The third-order valence-electron chi connectivity index (χ3n) is 4.38. The molecule has 0 aliphatic carbocycles. The molecule has 0 spiro atoms. The number of nitrogens with two attached hydrogens (primary N) is 1. The molecule has 0 saturated carbocycles. The Bertz CT molecular complexity index is 893. The largest absolute Gasteiger partial charge is 0.492 e. The molecule has 0 aliphatic rings. The van der Waals surface area contributed by atoms with E-state index in [4.69, 9.17) is 26.5 Å². The predicted octanol–water partition coefficient (Wildman–Crippen LogP) is 5.85. The van der Waals surface area contributed by atoms with Crippen molar-refractivity contribution < 1.29 is 9.15 Å². The lowest BCUT2D eigenvalue weighted by Crippen LogP contribution is -2.27. The second-order valence-corrected chi connectivity index (χ2v) is 7.72. The van der Waals surface area contributed by atoms with Gasteiger partial charge in [0.2, 0.25) is 0 Å². The van der Waals surface area contributed by atoms with Crippen LogP contribution in [0.15, 0.2) is 46.9 Å². The summed E-state index contributed by atoms with van der Waals surface area (Å²) >= 11 is 6.32. The maximum absolute atomic E-state index is 6.32. The smallest absolute Gasteiger partial charge is 0.137 e. The molecule has 3 rings (SSSR count). The molecule has 4 heteroatoms. The maximum Gasteiger partial charge on any atom is 0.137 e. The summed E-state index contributed by atoms with van der Waals surface area (Å²) in [4.78, 5) is 0. The minimum Gasteiger partial charge on any atom is -0.492 e. The molecule has 0 aliphatic heterocycles. The number of rotatable bonds is 7. The molecule has 0 bridgehead atoms. The highest BCUT2D eigenvalue weighted by Crippen LogP contribution is 2.28. The second kappa shape index (κ2) is 7.73. The molecule has 1 aromatic heterocycles. The molecule has 0 fully saturated rings. The zero-order chi connectivity index (χ0) is 18.7. The Labute approximate surface area is 160 Å². The highest BCUT2D eigenvalue weighted by Gasteiger charge is 2.19. The molecule has 2 N–H and O–H groups in total. The summed E-state index contributed by atoms with van der Waals surface area (Å²) in [6.45, 7) is 6.66. The molecule has 3 nitrogen and oxygen atoms in total. The Morgan fingerprint density at radius 2 is 1.73 bits per heavy atom. The van der Waals surface area contributed by atoms with E-state index < -0.39 is 5.54 Å². The van der Waals surface area contributed by atoms with Gasteiger partial charge in [-0.15, -0.1) is 0 Å². The van der Waals surface area contributed by atoms with Crippen LogP contribution in [0.5, 0.6) is 5.75 Å². The van der Waals surface area contributed by atoms with Gasteiger partial charge < -0.3 is 14.9 Å². The first kappa shape index (κ1) is 18.8. The number of aryl methyl sites for hydroxylation is 2. The normalized spacial score (nSPS) is 11.9. The van der Waals surface area contributed by atoms with E-state index >= 15 is 0 Å². The molecule has 0 radical (unpaired) electrons. The first-order valence-corrected chi connectivity index (χ1v) is 9.47. The van der Waals surface area contributed by atoms with Gasteiger partial charge in [-0.1, -0.05) is 30.7 Å². The van der Waals surface area contributed by atoms with Gasteiger partial charge in [0.05, 0.1) is 17.2 Å². The van der Waals surface area contributed by atoms with E-state index in [0.717, 1.165) is 41.7 Å². The Morgan fingerprint density at radius 1 is 1.04 bits per heavy atom. The highest BCUT2D eigenvalue weighted by atomic mass is 35.5. The summed E-state index contributed by atoms with van der Waals surface area (Å²) in [5, 5.41) is 1.77. The number of hydrogen-bond acceptors (Lipinski definition) is 3. The number of halogens is 1. The van der Waals surface area contributed by atoms with Crippen LogP contribution < -0.4 is 10.5 Å². The molecular weight excluding hydrogens is 346 g/mol. The third kappa shape index (κ3) is 4.40. The lowest BCUT2D eigenvalue weighted by molar-refractivity contribution is 0.317. The molecule has 2 aromatic carbocycles. The fraction of sp³-hybridized carbons (Fsp3) is 0.364. The number of benzene rings is 2. The van der Waals surface area contributed by atoms with Gasteiger partial charge in [-0.3, -0.25) is 0 Å². The first-order valence-electron chi connectivity index (χ1n) is 9.10. The molecule has 0 saturated heterocycles. The lowest BCUT2D eigenvalue weighted by atomic mass is 10.0. The zero-order valence-electron chi connectivity index (χ0n) is 15.6. The summed E-state index contributed by atoms with van der Waals surface area (Å²) in [5.41, 5.74) is 9.01. The van der Waals surface area contributed by atoms with Gasteiger partial charge in [-0.25, -0.2) is 0 Å². The van der Waals surface area contributed by atoms with Crippen LogP contribution in [0.1, 0.15) is 44.1 Å². The third-order valence-corrected chi connectivity index (χ3v) is 4.67. The molecular formula is C22H26ClNO2. The van der Waals surface area contributed by atoms with Gasteiger partial charge in [0.15, 0.2) is 0 Å². The van der Waals surface area contributed by atoms with Crippen molar-refractivity contribution >= 4 is 22.6 Å². The molecule has 0 unspecified atom stereocenters. The van der Waals surface area contributed by atoms with Crippen molar-refractivity contribution in [1.29, 1.82) is 0 Å². The summed E-state index contributed by atoms with van der Waals surface area (Å²) in [7, 11) is 0. The van der Waals surface area contributed by atoms with Crippen LogP contribution in [0.2, 0.25) is 5.02 Å². The maximum atomic E-state index is 6.32. The molecule has 138 valence electrons. The lowest BCUT2D eigenvalue weighted by Gasteiger charge is -2.13. The standard InChI is InChI=1S/C22H26ClNO2/c1-4-11-25-20-10-8-16(13-18(20)23)6-5-15-7-9-19-17(12-15)14-21(26-19)22(2,3)24/h7-10,12-14H,4-6,11,24H2,1-3H3. The van der Waals surface area contributed by atoms with Crippen molar-refractivity contribution in [1.82, 2.24) is 0 Å². The number of furan rings is 1. The monoisotopic (exact) mass is 371 g/mol. The number of ether oxygens (including phenoxy) is 1. The van der Waals surface area contributed by atoms with Gasteiger partial charge in [-0.2, -0.15) is 0 Å². The summed E-state index contributed by atoms with van der Waals surface area (Å²) in [6, 6.07) is 14.4. The topological polar surface area (TPSA) is 48.4 Å². The van der Waals surface area contributed by atoms with Gasteiger partial charge in [0.25, 0.3) is 0 Å². The van der Waals surface area contributed by atoms with Crippen LogP contribution in [0.25, 0.3) is 11.0 Å². The molecule has 1 heterocycles. The van der Waals surface area contributed by atoms with Crippen LogP contribution >= 0.6 is 11.6 Å². The van der Waals surface area contributed by atoms with Crippen LogP contribution in [0.4, 0.5) is 0 Å². The van der Waals surface area contributed by atoms with Gasteiger partial charge in [0, 0.05) is 5.39 Å². The van der Waals surface area contributed by atoms with Crippen LogP contribution in [0.3, 0.4) is 0 Å². The number of hydrogen-bond donors (Lipinski definition) is 1. The molecule has 0 amide bonds. The van der Waals surface area contributed by atoms with Crippen molar-refractivity contribution in [2.45, 2.75) is 45.6 Å². The van der Waals surface area contributed by atoms with Crippen molar-refractivity contribution in [3.8, 4) is 5.75 Å². The fourth-order valence-electron chi connectivity index (χ4n) is 2.88.